The maximum atomic E-state index is 12.4. The fourth-order valence-electron chi connectivity index (χ4n) is 4.09. The van der Waals surface area contributed by atoms with Crippen LogP contribution in [0.2, 0.25) is 5.02 Å². The molecule has 9 nitrogen and oxygen atoms in total. The van der Waals surface area contributed by atoms with Crippen LogP contribution in [0.5, 0.6) is 0 Å². The van der Waals surface area contributed by atoms with Gasteiger partial charge in [-0.1, -0.05) is 11.6 Å². The topological polar surface area (TPSA) is 89.0 Å². The van der Waals surface area contributed by atoms with Crippen LogP contribution in [0.15, 0.2) is 41.0 Å². The van der Waals surface area contributed by atoms with Gasteiger partial charge in [0.15, 0.2) is 11.4 Å². The van der Waals surface area contributed by atoms with Gasteiger partial charge >= 0.3 is 0 Å². The van der Waals surface area contributed by atoms with Gasteiger partial charge in [0.25, 0.3) is 0 Å². The number of hydrogen-bond acceptors (Lipinski definition) is 7. The molecule has 160 valence electrons. The van der Waals surface area contributed by atoms with E-state index in [2.05, 4.69) is 15.1 Å². The molecule has 0 aliphatic carbocycles. The average Bonchev–Trinajstić information content (AvgIpc) is 3.43. The third kappa shape index (κ3) is 3.39. The van der Waals surface area contributed by atoms with Gasteiger partial charge in [0.1, 0.15) is 6.61 Å². The lowest BCUT2D eigenvalue weighted by molar-refractivity contribution is -0.137. The normalized spacial score (nSPS) is 17.1. The van der Waals surface area contributed by atoms with Crippen molar-refractivity contribution in [2.45, 2.75) is 13.0 Å². The van der Waals surface area contributed by atoms with Gasteiger partial charge in [-0.3, -0.25) is 4.79 Å². The molecule has 1 aromatic carbocycles. The Morgan fingerprint density at radius 3 is 2.90 bits per heavy atom. The van der Waals surface area contributed by atoms with Crippen LogP contribution in [-0.2, 0) is 9.53 Å². The second-order valence-corrected chi connectivity index (χ2v) is 7.98. The number of halogens is 1. The van der Waals surface area contributed by atoms with Crippen molar-refractivity contribution in [1.82, 2.24) is 24.5 Å². The Hall–Kier alpha value is -3.17. The number of carbonyl (C=O) groups is 1. The Labute approximate surface area is 183 Å². The summed E-state index contributed by atoms with van der Waals surface area (Å²) in [6.45, 7) is 3.89. The molecule has 0 N–H and O–H groups in total. The number of carbonyl (C=O) groups excluding carboxylic acids is 1. The van der Waals surface area contributed by atoms with E-state index in [9.17, 15) is 4.79 Å². The van der Waals surface area contributed by atoms with Crippen LogP contribution in [0.3, 0.4) is 0 Å². The van der Waals surface area contributed by atoms with Crippen LogP contribution in [-0.4, -0.2) is 69.8 Å². The Kier molecular flexibility index (Phi) is 4.99. The maximum Gasteiger partial charge on any atom is 0.248 e. The van der Waals surface area contributed by atoms with Crippen molar-refractivity contribution < 1.29 is 13.9 Å². The van der Waals surface area contributed by atoms with Gasteiger partial charge < -0.3 is 19.0 Å². The minimum atomic E-state index is -0.0152. The number of furan rings is 1. The summed E-state index contributed by atoms with van der Waals surface area (Å²) in [5.74, 6) is 1.85. The maximum absolute atomic E-state index is 12.4. The summed E-state index contributed by atoms with van der Waals surface area (Å²) in [6.07, 6.45) is 1.60. The van der Waals surface area contributed by atoms with Gasteiger partial charge in [0.05, 0.1) is 11.8 Å². The monoisotopic (exact) mass is 440 g/mol. The molecule has 1 unspecified atom stereocenters. The Morgan fingerprint density at radius 1 is 1.29 bits per heavy atom. The molecule has 1 aliphatic heterocycles. The molecule has 31 heavy (non-hydrogen) atoms. The summed E-state index contributed by atoms with van der Waals surface area (Å²) in [5, 5.41) is 10.3. The lowest BCUT2D eigenvalue weighted by atomic mass is 10.2. The minimum Gasteiger partial charge on any atom is -0.461 e. The van der Waals surface area contributed by atoms with E-state index in [1.165, 1.54) is 7.11 Å². The van der Waals surface area contributed by atoms with Gasteiger partial charge in [0, 0.05) is 43.2 Å². The number of fused-ring (bicyclic) bond motifs is 3. The van der Waals surface area contributed by atoms with E-state index in [4.69, 9.17) is 25.7 Å². The number of methoxy groups -OCH3 is 1. The Morgan fingerprint density at radius 2 is 2.16 bits per heavy atom. The van der Waals surface area contributed by atoms with Gasteiger partial charge in [-0.25, -0.2) is 9.38 Å². The van der Waals surface area contributed by atoms with Crippen molar-refractivity contribution in [3.05, 3.63) is 41.6 Å². The molecule has 0 spiro atoms. The van der Waals surface area contributed by atoms with Crippen LogP contribution >= 0.6 is 11.6 Å². The molecule has 1 aliphatic rings. The quantitative estimate of drug-likeness (QED) is 0.482. The average molecular weight is 441 g/mol. The molecular formula is C21H21ClN6O3. The number of piperazine rings is 1. The number of nitrogens with zero attached hydrogens (tertiary/aromatic N) is 6. The molecule has 1 fully saturated rings. The summed E-state index contributed by atoms with van der Waals surface area (Å²) in [5.41, 5.74) is 1.41. The van der Waals surface area contributed by atoms with Crippen molar-refractivity contribution in [2.24, 2.45) is 0 Å². The Bertz CT molecular complexity index is 1260. The molecular weight excluding hydrogens is 420 g/mol. The van der Waals surface area contributed by atoms with E-state index in [-0.39, 0.29) is 18.6 Å². The van der Waals surface area contributed by atoms with E-state index in [0.717, 1.165) is 10.9 Å². The van der Waals surface area contributed by atoms with Crippen molar-refractivity contribution >= 4 is 40.0 Å². The van der Waals surface area contributed by atoms with Gasteiger partial charge in [-0.2, -0.15) is 0 Å². The highest BCUT2D eigenvalue weighted by atomic mass is 35.5. The predicted octanol–water partition coefficient (Wildman–Crippen LogP) is 2.87. The smallest absolute Gasteiger partial charge is 0.248 e. The van der Waals surface area contributed by atoms with Crippen molar-refractivity contribution in [3.63, 3.8) is 0 Å². The summed E-state index contributed by atoms with van der Waals surface area (Å²) in [4.78, 5) is 21.3. The van der Waals surface area contributed by atoms with Crippen LogP contribution in [0, 0.1) is 0 Å². The number of rotatable bonds is 4. The largest absolute Gasteiger partial charge is 0.461 e. The molecule has 0 bridgehead atoms. The zero-order valence-electron chi connectivity index (χ0n) is 17.2. The van der Waals surface area contributed by atoms with E-state index in [0.29, 0.717) is 47.8 Å². The number of benzene rings is 1. The predicted molar refractivity (Wildman–Crippen MR) is 116 cm³/mol. The number of ether oxygens (including phenoxy) is 1. The second-order valence-electron chi connectivity index (χ2n) is 7.55. The highest BCUT2D eigenvalue weighted by molar-refractivity contribution is 6.31. The zero-order chi connectivity index (χ0) is 21.5. The van der Waals surface area contributed by atoms with Crippen molar-refractivity contribution in [3.8, 4) is 11.6 Å². The first-order valence-corrected chi connectivity index (χ1v) is 10.4. The van der Waals surface area contributed by atoms with E-state index >= 15 is 0 Å². The third-order valence-corrected chi connectivity index (χ3v) is 5.76. The molecule has 10 heteroatoms. The molecule has 1 atom stereocenters. The lowest BCUT2D eigenvalue weighted by Crippen LogP contribution is -2.55. The van der Waals surface area contributed by atoms with Crippen LogP contribution in [0.1, 0.15) is 6.92 Å². The first kappa shape index (κ1) is 19.8. The summed E-state index contributed by atoms with van der Waals surface area (Å²) in [6, 6.07) is 9.18. The molecule has 5 rings (SSSR count). The molecule has 1 saturated heterocycles. The lowest BCUT2D eigenvalue weighted by Gasteiger charge is -2.40. The van der Waals surface area contributed by atoms with Crippen LogP contribution in [0.4, 0.5) is 5.95 Å². The molecule has 0 saturated carbocycles. The third-order valence-electron chi connectivity index (χ3n) is 5.52. The molecule has 1 amide bonds. The minimum absolute atomic E-state index is 0.00754. The SMILES string of the molecule is COCC(=O)N1CCN(c2nc3cc(Cl)ccc3c3nnc(-c4ccco4)n23)CC1C. The van der Waals surface area contributed by atoms with E-state index in [1.54, 1.807) is 6.26 Å². The first-order valence-electron chi connectivity index (χ1n) is 9.98. The fraction of sp³-hybridized carbons (Fsp3) is 0.333. The second kappa shape index (κ2) is 7.82. The van der Waals surface area contributed by atoms with Crippen LogP contribution in [0.25, 0.3) is 28.1 Å². The number of aromatic nitrogens is 4. The van der Waals surface area contributed by atoms with E-state index < -0.39 is 0 Å². The van der Waals surface area contributed by atoms with Gasteiger partial charge in [0.2, 0.25) is 17.7 Å². The van der Waals surface area contributed by atoms with Crippen molar-refractivity contribution in [1.29, 1.82) is 0 Å². The summed E-state index contributed by atoms with van der Waals surface area (Å²) in [7, 11) is 1.53. The van der Waals surface area contributed by atoms with E-state index in [1.807, 2.05) is 46.6 Å². The highest BCUT2D eigenvalue weighted by Gasteiger charge is 2.30. The molecule has 3 aromatic heterocycles. The van der Waals surface area contributed by atoms with Gasteiger partial charge in [-0.05, 0) is 37.3 Å². The molecule has 0 radical (unpaired) electrons. The highest BCUT2D eigenvalue weighted by Crippen LogP contribution is 2.30. The molecule has 4 heterocycles. The first-order chi connectivity index (χ1) is 15.1. The Balaban J connectivity index is 1.63. The summed E-state index contributed by atoms with van der Waals surface area (Å²) >= 11 is 6.23. The number of anilines is 1. The van der Waals surface area contributed by atoms with Crippen molar-refractivity contribution in [2.75, 3.05) is 38.3 Å². The standard InChI is InChI=1S/C21H21ClN6O3/c1-13-11-26(7-8-27(13)18(29)12-30-2)21-23-16-10-14(22)5-6-15(16)19-24-25-20(28(19)21)17-4-3-9-31-17/h3-6,9-10,13H,7-8,11-12H2,1-2H3. The number of amides is 1. The van der Waals surface area contributed by atoms with Gasteiger partial charge in [-0.15, -0.1) is 10.2 Å². The fourth-order valence-corrected chi connectivity index (χ4v) is 4.25. The number of hydrogen-bond donors (Lipinski definition) is 0. The zero-order valence-corrected chi connectivity index (χ0v) is 17.9. The summed E-state index contributed by atoms with van der Waals surface area (Å²) < 4.78 is 12.5. The van der Waals surface area contributed by atoms with Crippen LogP contribution < -0.4 is 4.90 Å². The molecule has 4 aromatic rings.